The van der Waals surface area contributed by atoms with Crippen LogP contribution in [0.25, 0.3) is 11.3 Å². The molecule has 0 atom stereocenters. The van der Waals surface area contributed by atoms with Crippen molar-refractivity contribution < 1.29 is 18.4 Å². The third kappa shape index (κ3) is 5.65. The van der Waals surface area contributed by atoms with E-state index in [0.29, 0.717) is 27.9 Å². The summed E-state index contributed by atoms with van der Waals surface area (Å²) >= 11 is 6.01. The summed E-state index contributed by atoms with van der Waals surface area (Å²) in [6.07, 6.45) is 1.96. The van der Waals surface area contributed by atoms with Gasteiger partial charge in [-0.25, -0.2) is 9.37 Å². The van der Waals surface area contributed by atoms with Gasteiger partial charge in [0.05, 0.1) is 23.5 Å². The van der Waals surface area contributed by atoms with E-state index >= 15 is 0 Å². The lowest BCUT2D eigenvalue weighted by atomic mass is 10.2. The molecule has 3 rings (SSSR count). The number of hydrogen-bond acceptors (Lipinski definition) is 4. The molecule has 0 aliphatic heterocycles. The van der Waals surface area contributed by atoms with Crippen molar-refractivity contribution in [3.8, 4) is 11.3 Å². The van der Waals surface area contributed by atoms with E-state index in [1.165, 1.54) is 23.2 Å². The molecular weight excluding hydrogens is 397 g/mol. The summed E-state index contributed by atoms with van der Waals surface area (Å²) in [5, 5.41) is 3.10. The highest BCUT2D eigenvalue weighted by Gasteiger charge is 2.15. The van der Waals surface area contributed by atoms with E-state index in [1.807, 2.05) is 0 Å². The number of amides is 2. The second kappa shape index (κ2) is 9.34. The first-order valence-electron chi connectivity index (χ1n) is 8.91. The number of halogens is 2. The van der Waals surface area contributed by atoms with Crippen LogP contribution in [0.1, 0.15) is 12.3 Å². The molecule has 0 bridgehead atoms. The van der Waals surface area contributed by atoms with Gasteiger partial charge < -0.3 is 14.6 Å². The minimum Gasteiger partial charge on any atom is -0.441 e. The lowest BCUT2D eigenvalue weighted by Gasteiger charge is -2.16. The van der Waals surface area contributed by atoms with Crippen LogP contribution in [0.15, 0.2) is 59.1 Å². The minimum atomic E-state index is -0.344. The monoisotopic (exact) mass is 415 g/mol. The standard InChI is InChI=1S/C21H19ClFN3O3/c1-26(13-19(27)25-17-5-3-2-4-16(17)22)21(28)11-10-20-24-12-18(29-20)14-6-8-15(23)9-7-14/h2-9,12H,10-11,13H2,1H3,(H,25,27). The number of rotatable bonds is 7. The van der Waals surface area contributed by atoms with Crippen molar-refractivity contribution >= 4 is 29.1 Å². The van der Waals surface area contributed by atoms with Crippen molar-refractivity contribution in [3.63, 3.8) is 0 Å². The van der Waals surface area contributed by atoms with Gasteiger partial charge in [-0.3, -0.25) is 9.59 Å². The first-order chi connectivity index (χ1) is 13.9. The molecule has 29 heavy (non-hydrogen) atoms. The maximum atomic E-state index is 13.0. The molecule has 0 radical (unpaired) electrons. The molecule has 0 saturated carbocycles. The van der Waals surface area contributed by atoms with Crippen molar-refractivity contribution in [2.24, 2.45) is 0 Å². The molecule has 150 valence electrons. The summed E-state index contributed by atoms with van der Waals surface area (Å²) < 4.78 is 18.6. The van der Waals surface area contributed by atoms with Crippen LogP contribution >= 0.6 is 11.6 Å². The molecule has 0 spiro atoms. The molecule has 0 unspecified atom stereocenters. The number of para-hydroxylation sites is 1. The molecule has 1 heterocycles. The number of nitrogens with zero attached hydrogens (tertiary/aromatic N) is 2. The van der Waals surface area contributed by atoms with Gasteiger partial charge >= 0.3 is 0 Å². The fourth-order valence-corrected chi connectivity index (χ4v) is 2.82. The van der Waals surface area contributed by atoms with Crippen LogP contribution in [0, 0.1) is 5.82 Å². The molecule has 2 aromatic carbocycles. The van der Waals surface area contributed by atoms with Crippen LogP contribution in [0.2, 0.25) is 5.02 Å². The van der Waals surface area contributed by atoms with Crippen LogP contribution in [-0.2, 0) is 16.0 Å². The zero-order valence-corrected chi connectivity index (χ0v) is 16.4. The van der Waals surface area contributed by atoms with Crippen LogP contribution < -0.4 is 5.32 Å². The fourth-order valence-electron chi connectivity index (χ4n) is 2.63. The van der Waals surface area contributed by atoms with Crippen LogP contribution in [0.4, 0.5) is 10.1 Å². The zero-order valence-electron chi connectivity index (χ0n) is 15.7. The summed E-state index contributed by atoms with van der Waals surface area (Å²) in [6.45, 7) is -0.101. The van der Waals surface area contributed by atoms with E-state index in [0.717, 1.165) is 0 Å². The van der Waals surface area contributed by atoms with Gasteiger partial charge in [0, 0.05) is 25.5 Å². The normalized spacial score (nSPS) is 10.6. The Bertz CT molecular complexity index is 1000. The molecule has 0 saturated heterocycles. The Labute approximate surface area is 172 Å². The van der Waals surface area contributed by atoms with Gasteiger partial charge in [-0.1, -0.05) is 23.7 Å². The molecule has 0 aliphatic rings. The number of carbonyl (C=O) groups is 2. The SMILES string of the molecule is CN(CC(=O)Nc1ccccc1Cl)C(=O)CCc1ncc(-c2ccc(F)cc2)o1. The number of oxazole rings is 1. The van der Waals surface area contributed by atoms with Crippen molar-refractivity contribution in [1.82, 2.24) is 9.88 Å². The van der Waals surface area contributed by atoms with Gasteiger partial charge in [0.1, 0.15) is 5.82 Å². The highest BCUT2D eigenvalue weighted by atomic mass is 35.5. The Morgan fingerprint density at radius 2 is 1.90 bits per heavy atom. The van der Waals surface area contributed by atoms with Crippen LogP contribution in [0.5, 0.6) is 0 Å². The third-order valence-corrected chi connectivity index (χ3v) is 4.52. The Morgan fingerprint density at radius 3 is 2.62 bits per heavy atom. The molecule has 3 aromatic rings. The number of carbonyl (C=O) groups excluding carboxylic acids is 2. The molecule has 0 fully saturated rings. The van der Waals surface area contributed by atoms with Gasteiger partial charge in [-0.2, -0.15) is 0 Å². The minimum absolute atomic E-state index is 0.101. The highest BCUT2D eigenvalue weighted by molar-refractivity contribution is 6.33. The van der Waals surface area contributed by atoms with E-state index in [9.17, 15) is 14.0 Å². The second-order valence-corrected chi connectivity index (χ2v) is 6.81. The predicted molar refractivity (Wildman–Crippen MR) is 108 cm³/mol. The van der Waals surface area contributed by atoms with E-state index in [2.05, 4.69) is 10.3 Å². The fraction of sp³-hybridized carbons (Fsp3) is 0.190. The molecule has 1 aromatic heterocycles. The van der Waals surface area contributed by atoms with Crippen molar-refractivity contribution in [3.05, 3.63) is 71.5 Å². The number of likely N-dealkylation sites (N-methyl/N-ethyl adjacent to an activating group) is 1. The number of nitrogens with one attached hydrogen (secondary N) is 1. The largest absolute Gasteiger partial charge is 0.441 e. The first kappa shape index (κ1) is 20.5. The van der Waals surface area contributed by atoms with Gasteiger partial charge in [-0.15, -0.1) is 0 Å². The molecule has 0 aliphatic carbocycles. The van der Waals surface area contributed by atoms with Crippen molar-refractivity contribution in [2.45, 2.75) is 12.8 Å². The van der Waals surface area contributed by atoms with Gasteiger partial charge in [0.15, 0.2) is 11.7 Å². The van der Waals surface area contributed by atoms with E-state index in [1.54, 1.807) is 43.4 Å². The number of aromatic nitrogens is 1. The van der Waals surface area contributed by atoms with Crippen LogP contribution in [-0.4, -0.2) is 35.3 Å². The smallest absolute Gasteiger partial charge is 0.244 e. The Balaban J connectivity index is 1.49. The summed E-state index contributed by atoms with van der Waals surface area (Å²) in [6, 6.07) is 12.7. The second-order valence-electron chi connectivity index (χ2n) is 6.40. The number of aryl methyl sites for hydroxylation is 1. The lowest BCUT2D eigenvalue weighted by molar-refractivity contribution is -0.133. The third-order valence-electron chi connectivity index (χ3n) is 4.19. The molecule has 1 N–H and O–H groups in total. The molecule has 8 heteroatoms. The molecule has 6 nitrogen and oxygen atoms in total. The number of benzene rings is 2. The summed E-state index contributed by atoms with van der Waals surface area (Å²) in [4.78, 5) is 29.9. The van der Waals surface area contributed by atoms with E-state index in [4.69, 9.17) is 16.0 Å². The summed E-state index contributed by atoms with van der Waals surface area (Å²) in [5.74, 6) is -0.00304. The quantitative estimate of drug-likeness (QED) is 0.628. The topological polar surface area (TPSA) is 75.4 Å². The van der Waals surface area contributed by atoms with E-state index in [-0.39, 0.29) is 37.0 Å². The van der Waals surface area contributed by atoms with Crippen molar-refractivity contribution in [1.29, 1.82) is 0 Å². The highest BCUT2D eigenvalue weighted by Crippen LogP contribution is 2.22. The van der Waals surface area contributed by atoms with E-state index < -0.39 is 0 Å². The predicted octanol–water partition coefficient (Wildman–Crippen LogP) is 4.16. The number of hydrogen-bond donors (Lipinski definition) is 1. The van der Waals surface area contributed by atoms with Gasteiger partial charge in [0.25, 0.3) is 0 Å². The molecule has 2 amide bonds. The Morgan fingerprint density at radius 1 is 1.17 bits per heavy atom. The first-order valence-corrected chi connectivity index (χ1v) is 9.29. The summed E-state index contributed by atoms with van der Waals surface area (Å²) in [5.41, 5.74) is 1.19. The maximum absolute atomic E-state index is 13.0. The Kier molecular flexibility index (Phi) is 6.61. The maximum Gasteiger partial charge on any atom is 0.244 e. The van der Waals surface area contributed by atoms with Gasteiger partial charge in [0.2, 0.25) is 11.8 Å². The van der Waals surface area contributed by atoms with Gasteiger partial charge in [-0.05, 0) is 36.4 Å². The summed E-state index contributed by atoms with van der Waals surface area (Å²) in [7, 11) is 1.55. The zero-order chi connectivity index (χ0) is 20.8. The Hall–Kier alpha value is -3.19. The lowest BCUT2D eigenvalue weighted by Crippen LogP contribution is -2.35. The van der Waals surface area contributed by atoms with Crippen molar-refractivity contribution in [2.75, 3.05) is 18.9 Å². The average Bonchev–Trinajstić information content (AvgIpc) is 3.17. The average molecular weight is 416 g/mol. The molecular formula is C21H19ClFN3O3. The van der Waals surface area contributed by atoms with Crippen LogP contribution in [0.3, 0.4) is 0 Å². The number of anilines is 1.